The van der Waals surface area contributed by atoms with E-state index < -0.39 is 10.0 Å². The maximum atomic E-state index is 12.9. The van der Waals surface area contributed by atoms with Crippen molar-refractivity contribution >= 4 is 33.0 Å². The minimum absolute atomic E-state index is 0.0228. The molecule has 1 aromatic carbocycles. The smallest absolute Gasteiger partial charge is 0.298 e. The number of amides is 1. The Morgan fingerprint density at radius 2 is 1.82 bits per heavy atom. The molecule has 2 aliphatic rings. The number of fused-ring (bicyclic) bond motifs is 1. The molecule has 2 saturated heterocycles. The molecule has 0 spiro atoms. The number of rotatable bonds is 3. The molecule has 0 unspecified atom stereocenters. The van der Waals surface area contributed by atoms with Gasteiger partial charge in [-0.05, 0) is 31.4 Å². The van der Waals surface area contributed by atoms with Gasteiger partial charge in [-0.2, -0.15) is 4.98 Å². The fourth-order valence-electron chi connectivity index (χ4n) is 4.02. The van der Waals surface area contributed by atoms with Crippen molar-refractivity contribution in [3.63, 3.8) is 0 Å². The summed E-state index contributed by atoms with van der Waals surface area (Å²) in [5, 5.41) is 0. The lowest BCUT2D eigenvalue weighted by Crippen LogP contribution is -2.44. The highest BCUT2D eigenvalue weighted by atomic mass is 32.2. The molecule has 2 fully saturated rings. The molecule has 4 rings (SSSR count). The van der Waals surface area contributed by atoms with Gasteiger partial charge in [0.2, 0.25) is 15.9 Å². The Balaban J connectivity index is 1.35. The van der Waals surface area contributed by atoms with E-state index in [0.717, 1.165) is 37.0 Å². The van der Waals surface area contributed by atoms with Gasteiger partial charge >= 0.3 is 0 Å². The van der Waals surface area contributed by atoms with Gasteiger partial charge in [-0.3, -0.25) is 4.79 Å². The zero-order valence-electron chi connectivity index (χ0n) is 16.1. The van der Waals surface area contributed by atoms with Crippen molar-refractivity contribution in [2.75, 3.05) is 50.4 Å². The fraction of sp³-hybridized carbons (Fsp3) is 0.579. The molecule has 0 aliphatic carbocycles. The Bertz CT molecular complexity index is 917. The van der Waals surface area contributed by atoms with Crippen LogP contribution in [0.25, 0.3) is 11.1 Å². The van der Waals surface area contributed by atoms with E-state index in [9.17, 15) is 13.2 Å². The lowest BCUT2D eigenvalue weighted by Gasteiger charge is -2.33. The van der Waals surface area contributed by atoms with E-state index in [-0.39, 0.29) is 11.8 Å². The molecule has 9 heteroatoms. The standard InChI is InChI=1S/C19H26N4O4S/c1-28(25,26)23-10-4-9-21(13-14-23)18(24)15-7-11-22(12-8-15)19-20-16-5-2-3-6-17(16)27-19/h2-3,5-6,15H,4,7-14H2,1H3. The Morgan fingerprint density at radius 3 is 2.54 bits per heavy atom. The maximum Gasteiger partial charge on any atom is 0.298 e. The summed E-state index contributed by atoms with van der Waals surface area (Å²) >= 11 is 0. The second kappa shape index (κ2) is 7.71. The van der Waals surface area contributed by atoms with Gasteiger partial charge in [0.25, 0.3) is 6.01 Å². The number of carbonyl (C=O) groups excluding carboxylic acids is 1. The number of piperidine rings is 1. The second-order valence-electron chi connectivity index (χ2n) is 7.57. The molecule has 0 atom stereocenters. The van der Waals surface area contributed by atoms with Crippen LogP contribution < -0.4 is 4.90 Å². The Hall–Kier alpha value is -2.13. The van der Waals surface area contributed by atoms with E-state index in [0.29, 0.717) is 38.6 Å². The van der Waals surface area contributed by atoms with Crippen LogP contribution in [0.1, 0.15) is 19.3 Å². The predicted molar refractivity (Wildman–Crippen MR) is 107 cm³/mol. The summed E-state index contributed by atoms with van der Waals surface area (Å²) in [6, 6.07) is 8.31. The predicted octanol–water partition coefficient (Wildman–Crippen LogP) is 1.54. The Kier molecular flexibility index (Phi) is 5.29. The molecule has 28 heavy (non-hydrogen) atoms. The van der Waals surface area contributed by atoms with E-state index in [1.54, 1.807) is 0 Å². The number of nitrogens with zero attached hydrogens (tertiary/aromatic N) is 4. The molecule has 8 nitrogen and oxygen atoms in total. The van der Waals surface area contributed by atoms with Gasteiger partial charge in [0, 0.05) is 45.2 Å². The molecule has 2 aliphatic heterocycles. The Morgan fingerprint density at radius 1 is 1.07 bits per heavy atom. The number of benzene rings is 1. The van der Waals surface area contributed by atoms with Gasteiger partial charge in [-0.1, -0.05) is 12.1 Å². The van der Waals surface area contributed by atoms with Gasteiger partial charge in [-0.15, -0.1) is 0 Å². The maximum absolute atomic E-state index is 12.9. The number of para-hydroxylation sites is 2. The van der Waals surface area contributed by atoms with Gasteiger partial charge in [0.05, 0.1) is 6.26 Å². The zero-order valence-corrected chi connectivity index (χ0v) is 16.9. The summed E-state index contributed by atoms with van der Waals surface area (Å²) in [5.41, 5.74) is 1.62. The highest BCUT2D eigenvalue weighted by molar-refractivity contribution is 7.88. The third-order valence-corrected chi connectivity index (χ3v) is 6.94. The molecule has 0 N–H and O–H groups in total. The summed E-state index contributed by atoms with van der Waals surface area (Å²) in [6.45, 7) is 3.41. The quantitative estimate of drug-likeness (QED) is 0.768. The molecule has 0 saturated carbocycles. The molecular weight excluding hydrogens is 380 g/mol. The number of anilines is 1. The molecule has 0 bridgehead atoms. The number of carbonyl (C=O) groups is 1. The van der Waals surface area contributed by atoms with Gasteiger partial charge in [0.1, 0.15) is 5.52 Å². The first-order valence-corrected chi connectivity index (χ1v) is 11.6. The van der Waals surface area contributed by atoms with Crippen LogP contribution in [0.3, 0.4) is 0 Å². The number of hydrogen-bond acceptors (Lipinski definition) is 6. The minimum Gasteiger partial charge on any atom is -0.423 e. The van der Waals surface area contributed by atoms with Crippen molar-refractivity contribution in [3.05, 3.63) is 24.3 Å². The third kappa shape index (κ3) is 4.00. The monoisotopic (exact) mass is 406 g/mol. The van der Waals surface area contributed by atoms with Crippen molar-refractivity contribution in [2.24, 2.45) is 5.92 Å². The topological polar surface area (TPSA) is 87.0 Å². The largest absolute Gasteiger partial charge is 0.423 e. The highest BCUT2D eigenvalue weighted by Gasteiger charge is 2.31. The first-order chi connectivity index (χ1) is 13.4. The van der Waals surface area contributed by atoms with Crippen LogP contribution in [0.4, 0.5) is 6.01 Å². The van der Waals surface area contributed by atoms with Crippen LogP contribution in [-0.4, -0.2) is 74.0 Å². The van der Waals surface area contributed by atoms with Crippen molar-refractivity contribution in [3.8, 4) is 0 Å². The van der Waals surface area contributed by atoms with Crippen LogP contribution in [0, 0.1) is 5.92 Å². The average Bonchev–Trinajstić information content (AvgIpc) is 2.95. The molecule has 0 radical (unpaired) electrons. The van der Waals surface area contributed by atoms with Gasteiger partial charge < -0.3 is 14.2 Å². The van der Waals surface area contributed by atoms with E-state index in [1.165, 1.54) is 10.6 Å². The molecule has 2 aromatic rings. The van der Waals surface area contributed by atoms with Crippen LogP contribution in [0.15, 0.2) is 28.7 Å². The van der Waals surface area contributed by atoms with Gasteiger partial charge in [0.15, 0.2) is 5.58 Å². The lowest BCUT2D eigenvalue weighted by molar-refractivity contribution is -0.136. The summed E-state index contributed by atoms with van der Waals surface area (Å²) in [4.78, 5) is 21.4. The van der Waals surface area contributed by atoms with E-state index in [2.05, 4.69) is 9.88 Å². The first kappa shape index (κ1) is 19.2. The molecule has 3 heterocycles. The molecular formula is C19H26N4O4S. The zero-order chi connectivity index (χ0) is 19.7. The van der Waals surface area contributed by atoms with Crippen LogP contribution >= 0.6 is 0 Å². The van der Waals surface area contributed by atoms with Crippen LogP contribution in [0.5, 0.6) is 0 Å². The molecule has 152 valence electrons. The highest BCUT2D eigenvalue weighted by Crippen LogP contribution is 2.27. The number of aromatic nitrogens is 1. The number of oxazole rings is 1. The summed E-state index contributed by atoms with van der Waals surface area (Å²) < 4.78 is 30.8. The first-order valence-electron chi connectivity index (χ1n) is 9.76. The van der Waals surface area contributed by atoms with Crippen molar-refractivity contribution in [2.45, 2.75) is 19.3 Å². The van der Waals surface area contributed by atoms with E-state index in [1.807, 2.05) is 29.2 Å². The van der Waals surface area contributed by atoms with Crippen molar-refractivity contribution in [1.82, 2.24) is 14.2 Å². The summed E-state index contributed by atoms with van der Waals surface area (Å²) in [7, 11) is -3.20. The SMILES string of the molecule is CS(=O)(=O)N1CCCN(C(=O)C2CCN(c3nc4ccccc4o3)CC2)CC1. The summed E-state index contributed by atoms with van der Waals surface area (Å²) in [6.07, 6.45) is 3.42. The number of hydrogen-bond donors (Lipinski definition) is 0. The van der Waals surface area contributed by atoms with E-state index >= 15 is 0 Å². The number of sulfonamides is 1. The third-order valence-electron chi connectivity index (χ3n) is 5.63. The minimum atomic E-state index is -3.20. The van der Waals surface area contributed by atoms with Crippen molar-refractivity contribution < 1.29 is 17.6 Å². The normalized spacial score (nSPS) is 20.5. The van der Waals surface area contributed by atoms with Crippen LogP contribution in [-0.2, 0) is 14.8 Å². The second-order valence-corrected chi connectivity index (χ2v) is 9.55. The Labute approximate surface area is 165 Å². The lowest BCUT2D eigenvalue weighted by atomic mass is 9.95. The molecule has 1 aromatic heterocycles. The molecule has 1 amide bonds. The van der Waals surface area contributed by atoms with E-state index in [4.69, 9.17) is 4.42 Å². The average molecular weight is 407 g/mol. The van der Waals surface area contributed by atoms with Gasteiger partial charge in [-0.25, -0.2) is 12.7 Å². The fourth-order valence-corrected chi connectivity index (χ4v) is 4.89. The van der Waals surface area contributed by atoms with Crippen LogP contribution in [0.2, 0.25) is 0 Å². The van der Waals surface area contributed by atoms with Crippen molar-refractivity contribution in [1.29, 1.82) is 0 Å². The summed E-state index contributed by atoms with van der Waals surface area (Å²) in [5.74, 6) is 0.123.